The van der Waals surface area contributed by atoms with Gasteiger partial charge in [-0.15, -0.1) is 0 Å². The normalized spacial score (nSPS) is 12.6. The number of aldehydes is 1. The zero-order valence-electron chi connectivity index (χ0n) is 6.55. The Kier molecular flexibility index (Phi) is 2.82. The van der Waals surface area contributed by atoms with E-state index in [1.165, 1.54) is 18.2 Å². The summed E-state index contributed by atoms with van der Waals surface area (Å²) in [5, 5.41) is 0.427. The van der Waals surface area contributed by atoms with Crippen LogP contribution in [0.4, 0.5) is 4.39 Å². The van der Waals surface area contributed by atoms with Crippen molar-refractivity contribution in [2.45, 2.75) is 12.8 Å². The summed E-state index contributed by atoms with van der Waals surface area (Å²) in [6, 6.07) is 4.00. The van der Waals surface area contributed by atoms with Crippen LogP contribution < -0.4 is 0 Å². The molecule has 0 aliphatic carbocycles. The number of halogens is 2. The molecule has 64 valence electrons. The van der Waals surface area contributed by atoms with Crippen molar-refractivity contribution in [1.29, 1.82) is 0 Å². The molecule has 0 saturated carbocycles. The number of carbonyl (C=O) groups is 1. The first-order valence-electron chi connectivity index (χ1n) is 3.55. The third-order valence-electron chi connectivity index (χ3n) is 1.65. The van der Waals surface area contributed by atoms with Crippen molar-refractivity contribution in [3.05, 3.63) is 34.6 Å². The quantitative estimate of drug-likeness (QED) is 0.650. The van der Waals surface area contributed by atoms with E-state index in [0.717, 1.165) is 6.29 Å². The van der Waals surface area contributed by atoms with E-state index in [1.807, 2.05) is 0 Å². The maximum absolute atomic E-state index is 12.7. The summed E-state index contributed by atoms with van der Waals surface area (Å²) in [5.41, 5.74) is 0.534. The number of hydrogen-bond donors (Lipinski definition) is 0. The molecular formula is C9H8ClFO. The van der Waals surface area contributed by atoms with E-state index in [-0.39, 0.29) is 11.7 Å². The van der Waals surface area contributed by atoms with Gasteiger partial charge >= 0.3 is 0 Å². The predicted molar refractivity (Wildman–Crippen MR) is 45.9 cm³/mol. The topological polar surface area (TPSA) is 17.1 Å². The van der Waals surface area contributed by atoms with Crippen molar-refractivity contribution in [2.75, 3.05) is 0 Å². The highest BCUT2D eigenvalue weighted by molar-refractivity contribution is 6.31. The maximum Gasteiger partial charge on any atom is 0.127 e. The Bertz CT molecular complexity index is 299. The predicted octanol–water partition coefficient (Wildman–Crippen LogP) is 2.78. The standard InChI is InChI=1S/C9H8ClFO/c1-6(5-12)8-4-7(11)2-3-9(8)10/h2-6H,1H3. The lowest BCUT2D eigenvalue weighted by Crippen LogP contribution is -1.95. The first-order valence-corrected chi connectivity index (χ1v) is 3.93. The Hall–Kier alpha value is -0.890. The summed E-state index contributed by atoms with van der Waals surface area (Å²) in [4.78, 5) is 10.4. The van der Waals surface area contributed by atoms with E-state index in [4.69, 9.17) is 11.6 Å². The van der Waals surface area contributed by atoms with Crippen molar-refractivity contribution in [2.24, 2.45) is 0 Å². The average Bonchev–Trinajstić information content (AvgIpc) is 2.08. The van der Waals surface area contributed by atoms with E-state index in [1.54, 1.807) is 6.92 Å². The van der Waals surface area contributed by atoms with Crippen LogP contribution in [0.3, 0.4) is 0 Å². The fourth-order valence-electron chi connectivity index (χ4n) is 0.937. The molecule has 0 aliphatic heterocycles. The lowest BCUT2D eigenvalue weighted by Gasteiger charge is -2.05. The number of rotatable bonds is 2. The van der Waals surface area contributed by atoms with Gasteiger partial charge in [0, 0.05) is 10.9 Å². The van der Waals surface area contributed by atoms with Gasteiger partial charge in [0.2, 0.25) is 0 Å². The average molecular weight is 187 g/mol. The Morgan fingerprint density at radius 3 is 2.83 bits per heavy atom. The molecule has 1 unspecified atom stereocenters. The molecule has 0 fully saturated rings. The van der Waals surface area contributed by atoms with E-state index in [2.05, 4.69) is 0 Å². The Morgan fingerprint density at radius 2 is 2.25 bits per heavy atom. The van der Waals surface area contributed by atoms with Gasteiger partial charge < -0.3 is 4.79 Å². The largest absolute Gasteiger partial charge is 0.303 e. The van der Waals surface area contributed by atoms with Crippen LogP contribution in [-0.2, 0) is 4.79 Å². The minimum absolute atomic E-state index is 0.354. The van der Waals surface area contributed by atoms with Gasteiger partial charge in [0.15, 0.2) is 0 Å². The van der Waals surface area contributed by atoms with Crippen LogP contribution in [0.15, 0.2) is 18.2 Å². The van der Waals surface area contributed by atoms with Gasteiger partial charge in [-0.1, -0.05) is 18.5 Å². The molecule has 12 heavy (non-hydrogen) atoms. The van der Waals surface area contributed by atoms with Crippen LogP contribution >= 0.6 is 11.6 Å². The first-order chi connectivity index (χ1) is 5.65. The van der Waals surface area contributed by atoms with Gasteiger partial charge in [-0.25, -0.2) is 4.39 Å². The number of benzene rings is 1. The smallest absolute Gasteiger partial charge is 0.127 e. The molecule has 3 heteroatoms. The second-order valence-corrected chi connectivity index (χ2v) is 3.00. The molecule has 0 heterocycles. The SMILES string of the molecule is CC(C=O)c1cc(F)ccc1Cl. The minimum atomic E-state index is -0.372. The van der Waals surface area contributed by atoms with E-state index in [9.17, 15) is 9.18 Å². The van der Waals surface area contributed by atoms with E-state index in [0.29, 0.717) is 10.6 Å². The van der Waals surface area contributed by atoms with Crippen molar-refractivity contribution < 1.29 is 9.18 Å². The van der Waals surface area contributed by atoms with Crippen LogP contribution in [0.5, 0.6) is 0 Å². The fraction of sp³-hybridized carbons (Fsp3) is 0.222. The lowest BCUT2D eigenvalue weighted by atomic mass is 10.0. The zero-order valence-corrected chi connectivity index (χ0v) is 7.31. The Labute approximate surface area is 75.2 Å². The maximum atomic E-state index is 12.7. The lowest BCUT2D eigenvalue weighted by molar-refractivity contribution is -0.108. The highest BCUT2D eigenvalue weighted by Gasteiger charge is 2.08. The molecule has 0 amide bonds. The van der Waals surface area contributed by atoms with Crippen LogP contribution in [0.2, 0.25) is 5.02 Å². The fourth-order valence-corrected chi connectivity index (χ4v) is 1.23. The van der Waals surface area contributed by atoms with Gasteiger partial charge in [-0.3, -0.25) is 0 Å². The zero-order chi connectivity index (χ0) is 9.14. The molecule has 1 nitrogen and oxygen atoms in total. The summed E-state index contributed by atoms with van der Waals surface area (Å²) in [7, 11) is 0. The Balaban J connectivity index is 3.12. The molecule has 1 rings (SSSR count). The molecule has 0 saturated heterocycles. The summed E-state index contributed by atoms with van der Waals surface area (Å²) in [6.07, 6.45) is 0.737. The first kappa shape index (κ1) is 9.20. The molecule has 0 spiro atoms. The second-order valence-electron chi connectivity index (χ2n) is 2.59. The third-order valence-corrected chi connectivity index (χ3v) is 2.00. The van der Waals surface area contributed by atoms with Crippen molar-refractivity contribution >= 4 is 17.9 Å². The summed E-state index contributed by atoms with van der Waals surface area (Å²) in [6.45, 7) is 1.67. The van der Waals surface area contributed by atoms with Gasteiger partial charge in [-0.2, -0.15) is 0 Å². The molecular weight excluding hydrogens is 179 g/mol. The molecule has 1 aromatic carbocycles. The molecule has 1 aromatic rings. The highest BCUT2D eigenvalue weighted by atomic mass is 35.5. The number of carbonyl (C=O) groups excluding carboxylic acids is 1. The summed E-state index contributed by atoms with van der Waals surface area (Å²) >= 11 is 5.74. The van der Waals surface area contributed by atoms with Crippen LogP contribution in [-0.4, -0.2) is 6.29 Å². The molecule has 1 atom stereocenters. The molecule has 0 aliphatic rings. The monoisotopic (exact) mass is 186 g/mol. The summed E-state index contributed by atoms with van der Waals surface area (Å²) < 4.78 is 12.7. The third kappa shape index (κ3) is 1.83. The molecule has 0 N–H and O–H groups in total. The minimum Gasteiger partial charge on any atom is -0.303 e. The van der Waals surface area contributed by atoms with E-state index >= 15 is 0 Å². The molecule has 0 radical (unpaired) electrons. The van der Waals surface area contributed by atoms with Crippen LogP contribution in [0.1, 0.15) is 18.4 Å². The molecule has 0 aromatic heterocycles. The van der Waals surface area contributed by atoms with Gasteiger partial charge in [0.1, 0.15) is 12.1 Å². The van der Waals surface area contributed by atoms with Gasteiger partial charge in [-0.05, 0) is 23.8 Å². The van der Waals surface area contributed by atoms with Crippen molar-refractivity contribution in [3.63, 3.8) is 0 Å². The van der Waals surface area contributed by atoms with Crippen molar-refractivity contribution in [1.82, 2.24) is 0 Å². The number of hydrogen-bond acceptors (Lipinski definition) is 1. The Morgan fingerprint density at radius 1 is 1.58 bits per heavy atom. The van der Waals surface area contributed by atoms with Crippen molar-refractivity contribution in [3.8, 4) is 0 Å². The van der Waals surface area contributed by atoms with Crippen LogP contribution in [0.25, 0.3) is 0 Å². The second kappa shape index (κ2) is 3.68. The van der Waals surface area contributed by atoms with Gasteiger partial charge in [0.25, 0.3) is 0 Å². The van der Waals surface area contributed by atoms with E-state index < -0.39 is 0 Å². The summed E-state index contributed by atoms with van der Waals surface area (Å²) in [5.74, 6) is -0.726. The van der Waals surface area contributed by atoms with Gasteiger partial charge in [0.05, 0.1) is 0 Å². The highest BCUT2D eigenvalue weighted by Crippen LogP contribution is 2.23. The molecule has 0 bridgehead atoms. The van der Waals surface area contributed by atoms with Crippen LogP contribution in [0, 0.1) is 5.82 Å².